The van der Waals surface area contributed by atoms with Crippen LogP contribution in [0.1, 0.15) is 0 Å². The van der Waals surface area contributed by atoms with Gasteiger partial charge in [-0.05, 0) is 0 Å². The SMILES string of the molecule is Nc1nccnc1N1CC=CC1. The number of aromatic nitrogens is 2. The van der Waals surface area contributed by atoms with Crippen molar-refractivity contribution in [3.05, 3.63) is 24.5 Å². The molecular weight excluding hydrogens is 152 g/mol. The monoisotopic (exact) mass is 162 g/mol. The van der Waals surface area contributed by atoms with E-state index >= 15 is 0 Å². The first-order valence-electron chi connectivity index (χ1n) is 3.84. The summed E-state index contributed by atoms with van der Waals surface area (Å²) in [6.07, 6.45) is 7.44. The molecule has 4 heteroatoms. The lowest BCUT2D eigenvalue weighted by Crippen LogP contribution is -2.21. The van der Waals surface area contributed by atoms with E-state index in [1.54, 1.807) is 12.4 Å². The van der Waals surface area contributed by atoms with Crippen molar-refractivity contribution in [3.8, 4) is 0 Å². The van der Waals surface area contributed by atoms with E-state index in [0.717, 1.165) is 18.9 Å². The average molecular weight is 162 g/mol. The van der Waals surface area contributed by atoms with Gasteiger partial charge in [0.05, 0.1) is 0 Å². The summed E-state index contributed by atoms with van der Waals surface area (Å²) in [4.78, 5) is 10.2. The molecule has 2 rings (SSSR count). The fraction of sp³-hybridized carbons (Fsp3) is 0.250. The van der Waals surface area contributed by atoms with Gasteiger partial charge in [-0.25, -0.2) is 9.97 Å². The van der Waals surface area contributed by atoms with Gasteiger partial charge in [0, 0.05) is 25.5 Å². The second-order valence-electron chi connectivity index (χ2n) is 2.64. The van der Waals surface area contributed by atoms with Gasteiger partial charge in [-0.1, -0.05) is 12.2 Å². The molecule has 1 aliphatic heterocycles. The van der Waals surface area contributed by atoms with Gasteiger partial charge in [-0.15, -0.1) is 0 Å². The number of anilines is 2. The van der Waals surface area contributed by atoms with Crippen molar-refractivity contribution in [1.82, 2.24) is 9.97 Å². The van der Waals surface area contributed by atoms with Crippen molar-refractivity contribution < 1.29 is 0 Å². The van der Waals surface area contributed by atoms with Crippen LogP contribution in [0.3, 0.4) is 0 Å². The predicted octanol–water partition coefficient (Wildman–Crippen LogP) is 0.435. The third-order valence-electron chi connectivity index (χ3n) is 1.82. The molecule has 0 aromatic carbocycles. The van der Waals surface area contributed by atoms with Crippen LogP contribution in [0.4, 0.5) is 11.6 Å². The lowest BCUT2D eigenvalue weighted by Gasteiger charge is -2.16. The first-order chi connectivity index (χ1) is 5.88. The minimum absolute atomic E-state index is 0.501. The van der Waals surface area contributed by atoms with Crippen molar-refractivity contribution in [3.63, 3.8) is 0 Å². The fourth-order valence-corrected chi connectivity index (χ4v) is 1.24. The zero-order chi connectivity index (χ0) is 8.39. The Morgan fingerprint density at radius 1 is 1.17 bits per heavy atom. The lowest BCUT2D eigenvalue weighted by atomic mass is 10.5. The Kier molecular flexibility index (Phi) is 1.66. The smallest absolute Gasteiger partial charge is 0.172 e. The molecule has 0 atom stereocenters. The summed E-state index contributed by atoms with van der Waals surface area (Å²) in [7, 11) is 0. The van der Waals surface area contributed by atoms with Crippen molar-refractivity contribution in [2.75, 3.05) is 23.7 Å². The Hall–Kier alpha value is -1.58. The van der Waals surface area contributed by atoms with Crippen LogP contribution >= 0.6 is 0 Å². The largest absolute Gasteiger partial charge is 0.381 e. The molecule has 0 aliphatic carbocycles. The molecule has 4 nitrogen and oxygen atoms in total. The molecule has 12 heavy (non-hydrogen) atoms. The van der Waals surface area contributed by atoms with Crippen LogP contribution in [0, 0.1) is 0 Å². The van der Waals surface area contributed by atoms with E-state index < -0.39 is 0 Å². The van der Waals surface area contributed by atoms with Gasteiger partial charge in [0.1, 0.15) is 0 Å². The van der Waals surface area contributed by atoms with Crippen LogP contribution in [0.15, 0.2) is 24.5 Å². The van der Waals surface area contributed by atoms with E-state index in [1.807, 2.05) is 0 Å². The summed E-state index contributed by atoms with van der Waals surface area (Å²) in [6, 6.07) is 0. The van der Waals surface area contributed by atoms with Gasteiger partial charge < -0.3 is 10.6 Å². The maximum absolute atomic E-state index is 5.66. The van der Waals surface area contributed by atoms with Crippen molar-refractivity contribution in [1.29, 1.82) is 0 Å². The fourth-order valence-electron chi connectivity index (χ4n) is 1.24. The molecule has 0 bridgehead atoms. The molecular formula is C8H10N4. The van der Waals surface area contributed by atoms with Crippen molar-refractivity contribution in [2.45, 2.75) is 0 Å². The molecule has 0 spiro atoms. The van der Waals surface area contributed by atoms with E-state index in [0.29, 0.717) is 5.82 Å². The third-order valence-corrected chi connectivity index (χ3v) is 1.82. The zero-order valence-corrected chi connectivity index (χ0v) is 6.64. The van der Waals surface area contributed by atoms with E-state index in [4.69, 9.17) is 5.73 Å². The highest BCUT2D eigenvalue weighted by Gasteiger charge is 2.11. The summed E-state index contributed by atoms with van der Waals surface area (Å²) >= 11 is 0. The molecule has 1 aliphatic rings. The van der Waals surface area contributed by atoms with Crippen LogP contribution < -0.4 is 10.6 Å². The summed E-state index contributed by atoms with van der Waals surface area (Å²) in [6.45, 7) is 1.76. The molecule has 2 heterocycles. The number of hydrogen-bond donors (Lipinski definition) is 1. The first-order valence-corrected chi connectivity index (χ1v) is 3.84. The molecule has 1 aromatic heterocycles. The van der Waals surface area contributed by atoms with Gasteiger partial charge in [0.2, 0.25) is 0 Å². The molecule has 0 saturated carbocycles. The molecule has 0 unspecified atom stereocenters. The number of nitrogens with two attached hydrogens (primary N) is 1. The minimum atomic E-state index is 0.501. The third kappa shape index (κ3) is 1.11. The zero-order valence-electron chi connectivity index (χ0n) is 6.64. The normalized spacial score (nSPS) is 15.5. The molecule has 0 saturated heterocycles. The molecule has 2 N–H and O–H groups in total. The second kappa shape index (κ2) is 2.81. The predicted molar refractivity (Wildman–Crippen MR) is 47.8 cm³/mol. The summed E-state index contributed by atoms with van der Waals surface area (Å²) in [5.74, 6) is 1.28. The number of hydrogen-bond acceptors (Lipinski definition) is 4. The highest BCUT2D eigenvalue weighted by molar-refractivity contribution is 5.58. The number of nitrogen functional groups attached to an aromatic ring is 1. The maximum atomic E-state index is 5.66. The van der Waals surface area contributed by atoms with E-state index in [9.17, 15) is 0 Å². The minimum Gasteiger partial charge on any atom is -0.381 e. The van der Waals surface area contributed by atoms with Gasteiger partial charge >= 0.3 is 0 Å². The Morgan fingerprint density at radius 3 is 2.50 bits per heavy atom. The van der Waals surface area contributed by atoms with Crippen LogP contribution in [0.5, 0.6) is 0 Å². The molecule has 1 aromatic rings. The first kappa shape index (κ1) is 7.09. The number of rotatable bonds is 1. The lowest BCUT2D eigenvalue weighted by molar-refractivity contribution is 0.960. The summed E-state index contributed by atoms with van der Waals surface area (Å²) in [5, 5.41) is 0. The van der Waals surface area contributed by atoms with Crippen LogP contribution in [0.2, 0.25) is 0 Å². The van der Waals surface area contributed by atoms with Gasteiger partial charge in [0.25, 0.3) is 0 Å². The van der Waals surface area contributed by atoms with Gasteiger partial charge in [-0.3, -0.25) is 0 Å². The Morgan fingerprint density at radius 2 is 1.83 bits per heavy atom. The standard InChI is InChI=1S/C8H10N4/c9-7-8(11-4-3-10-7)12-5-1-2-6-12/h1-4H,5-6H2,(H2,9,10). The van der Waals surface area contributed by atoms with E-state index in [1.165, 1.54) is 0 Å². The van der Waals surface area contributed by atoms with Crippen LogP contribution in [-0.2, 0) is 0 Å². The molecule has 62 valence electrons. The molecule has 0 amide bonds. The molecule has 0 radical (unpaired) electrons. The molecule has 0 fully saturated rings. The Balaban J connectivity index is 2.27. The highest BCUT2D eigenvalue weighted by Crippen LogP contribution is 2.18. The van der Waals surface area contributed by atoms with Crippen molar-refractivity contribution in [2.24, 2.45) is 0 Å². The van der Waals surface area contributed by atoms with Gasteiger partial charge in [-0.2, -0.15) is 0 Å². The Labute approximate surface area is 70.7 Å². The van der Waals surface area contributed by atoms with Crippen LogP contribution in [0.25, 0.3) is 0 Å². The summed E-state index contributed by atoms with van der Waals surface area (Å²) in [5.41, 5.74) is 5.66. The quantitative estimate of drug-likeness (QED) is 0.608. The highest BCUT2D eigenvalue weighted by atomic mass is 15.2. The van der Waals surface area contributed by atoms with Crippen molar-refractivity contribution >= 4 is 11.6 Å². The Bertz CT molecular complexity index is 300. The maximum Gasteiger partial charge on any atom is 0.172 e. The van der Waals surface area contributed by atoms with E-state index in [-0.39, 0.29) is 0 Å². The average Bonchev–Trinajstić information content (AvgIpc) is 2.57. The number of nitrogens with zero attached hydrogens (tertiary/aromatic N) is 3. The van der Waals surface area contributed by atoms with Crippen LogP contribution in [-0.4, -0.2) is 23.1 Å². The summed E-state index contributed by atoms with van der Waals surface area (Å²) < 4.78 is 0. The van der Waals surface area contributed by atoms with Gasteiger partial charge in [0.15, 0.2) is 11.6 Å². The second-order valence-corrected chi connectivity index (χ2v) is 2.64. The van der Waals surface area contributed by atoms with E-state index in [2.05, 4.69) is 27.0 Å². The topological polar surface area (TPSA) is 55.0 Å².